The number of ketones is 1. The van der Waals surface area contributed by atoms with Gasteiger partial charge in [-0.25, -0.2) is 0 Å². The molecule has 2 aromatic carbocycles. The summed E-state index contributed by atoms with van der Waals surface area (Å²) in [7, 11) is 2.15. The number of hydrogen-bond donors (Lipinski definition) is 1. The first-order valence-electron chi connectivity index (χ1n) is 9.20. The van der Waals surface area contributed by atoms with Crippen LogP contribution < -0.4 is 5.84 Å². The lowest BCUT2D eigenvalue weighted by molar-refractivity contribution is 0.103. The summed E-state index contributed by atoms with van der Waals surface area (Å²) >= 11 is 0. The molecule has 0 aliphatic carbocycles. The topological polar surface area (TPSA) is 75.0 Å². The Labute approximate surface area is 158 Å². The molecular formula is C22H22N4O. The molecule has 27 heavy (non-hydrogen) atoms. The number of piperidine rings is 1. The molecule has 0 bridgehead atoms. The summed E-state index contributed by atoms with van der Waals surface area (Å²) in [6, 6.07) is 14.5. The maximum Gasteiger partial charge on any atom is 0.193 e. The number of carbonyl (C=O) groups is 1. The van der Waals surface area contributed by atoms with Gasteiger partial charge in [-0.2, -0.15) is 5.26 Å². The van der Waals surface area contributed by atoms with E-state index in [1.54, 1.807) is 28.9 Å². The van der Waals surface area contributed by atoms with Gasteiger partial charge in [-0.1, -0.05) is 0 Å². The van der Waals surface area contributed by atoms with E-state index in [4.69, 9.17) is 11.1 Å². The van der Waals surface area contributed by atoms with Gasteiger partial charge in [0.25, 0.3) is 0 Å². The lowest BCUT2D eigenvalue weighted by Crippen LogP contribution is -2.29. The van der Waals surface area contributed by atoms with E-state index < -0.39 is 0 Å². The van der Waals surface area contributed by atoms with Crippen molar-refractivity contribution in [2.45, 2.75) is 18.8 Å². The number of likely N-dealkylation sites (tertiary alicyclic amines) is 1. The Morgan fingerprint density at radius 1 is 1.11 bits per heavy atom. The largest absolute Gasteiger partial charge is 0.339 e. The predicted molar refractivity (Wildman–Crippen MR) is 106 cm³/mol. The molecule has 1 saturated heterocycles. The third kappa shape index (κ3) is 3.20. The zero-order valence-corrected chi connectivity index (χ0v) is 15.4. The molecule has 4 rings (SSSR count). The van der Waals surface area contributed by atoms with Crippen molar-refractivity contribution in [3.8, 4) is 6.07 Å². The first-order valence-corrected chi connectivity index (χ1v) is 9.20. The van der Waals surface area contributed by atoms with E-state index in [2.05, 4.69) is 18.0 Å². The van der Waals surface area contributed by atoms with Gasteiger partial charge in [-0.15, -0.1) is 0 Å². The maximum atomic E-state index is 12.9. The third-order valence-electron chi connectivity index (χ3n) is 5.56. The lowest BCUT2D eigenvalue weighted by atomic mass is 9.88. The van der Waals surface area contributed by atoms with E-state index in [-0.39, 0.29) is 5.78 Å². The zero-order valence-electron chi connectivity index (χ0n) is 15.4. The van der Waals surface area contributed by atoms with Gasteiger partial charge in [0.05, 0.1) is 17.1 Å². The summed E-state index contributed by atoms with van der Waals surface area (Å²) in [6.07, 6.45) is 4.21. The molecule has 1 aromatic heterocycles. The molecule has 0 unspecified atom stereocenters. The fourth-order valence-electron chi connectivity index (χ4n) is 3.93. The molecule has 3 aromatic rings. The highest BCUT2D eigenvalue weighted by molar-refractivity contribution is 6.10. The number of fused-ring (bicyclic) bond motifs is 1. The van der Waals surface area contributed by atoms with Gasteiger partial charge >= 0.3 is 0 Å². The summed E-state index contributed by atoms with van der Waals surface area (Å²) in [5.41, 5.74) is 3.95. The van der Waals surface area contributed by atoms with Crippen molar-refractivity contribution in [2.24, 2.45) is 0 Å². The van der Waals surface area contributed by atoms with Crippen molar-refractivity contribution in [2.75, 3.05) is 26.0 Å². The molecule has 1 aliphatic rings. The number of benzene rings is 2. The van der Waals surface area contributed by atoms with E-state index in [0.29, 0.717) is 22.6 Å². The van der Waals surface area contributed by atoms with Crippen LogP contribution in [-0.4, -0.2) is 35.5 Å². The van der Waals surface area contributed by atoms with Crippen LogP contribution in [0, 0.1) is 11.3 Å². The van der Waals surface area contributed by atoms with Crippen LogP contribution >= 0.6 is 0 Å². The molecule has 0 atom stereocenters. The molecule has 2 heterocycles. The quantitative estimate of drug-likeness (QED) is 0.576. The Morgan fingerprint density at radius 2 is 1.78 bits per heavy atom. The summed E-state index contributed by atoms with van der Waals surface area (Å²) in [5, 5.41) is 9.99. The highest BCUT2D eigenvalue weighted by Crippen LogP contribution is 2.34. The summed E-state index contributed by atoms with van der Waals surface area (Å²) < 4.78 is 1.67. The lowest BCUT2D eigenvalue weighted by Gasteiger charge is -2.28. The minimum absolute atomic E-state index is 0.0412. The minimum atomic E-state index is -0.0412. The molecule has 0 spiro atoms. The van der Waals surface area contributed by atoms with Crippen molar-refractivity contribution in [3.63, 3.8) is 0 Å². The summed E-state index contributed by atoms with van der Waals surface area (Å²) in [4.78, 5) is 15.2. The van der Waals surface area contributed by atoms with Gasteiger partial charge in [-0.3, -0.25) is 9.47 Å². The van der Waals surface area contributed by atoms with Gasteiger partial charge in [0.2, 0.25) is 0 Å². The second kappa shape index (κ2) is 6.90. The molecule has 0 saturated carbocycles. The first kappa shape index (κ1) is 17.3. The number of nitrogen functional groups attached to an aromatic ring is 1. The molecule has 0 radical (unpaired) electrons. The van der Waals surface area contributed by atoms with Crippen LogP contribution in [0.1, 0.15) is 45.8 Å². The van der Waals surface area contributed by atoms with Gasteiger partial charge < -0.3 is 10.7 Å². The predicted octanol–water partition coefficient (Wildman–Crippen LogP) is 3.27. The van der Waals surface area contributed by atoms with E-state index in [9.17, 15) is 4.79 Å². The van der Waals surface area contributed by atoms with Crippen molar-refractivity contribution in [3.05, 3.63) is 70.9 Å². The zero-order chi connectivity index (χ0) is 19.0. The Morgan fingerprint density at radius 3 is 2.44 bits per heavy atom. The molecule has 5 heteroatoms. The van der Waals surface area contributed by atoms with Crippen molar-refractivity contribution < 1.29 is 4.79 Å². The number of nitriles is 1. The third-order valence-corrected chi connectivity index (χ3v) is 5.56. The minimum Gasteiger partial charge on any atom is -0.339 e. The highest BCUT2D eigenvalue weighted by atomic mass is 16.1. The van der Waals surface area contributed by atoms with Crippen LogP contribution in [-0.2, 0) is 0 Å². The van der Waals surface area contributed by atoms with E-state index in [1.807, 2.05) is 24.4 Å². The first-order chi connectivity index (χ1) is 13.1. The van der Waals surface area contributed by atoms with E-state index in [0.717, 1.165) is 36.8 Å². The van der Waals surface area contributed by atoms with Crippen LogP contribution in [0.3, 0.4) is 0 Å². The fraction of sp³-hybridized carbons (Fsp3) is 0.273. The van der Waals surface area contributed by atoms with Crippen molar-refractivity contribution >= 4 is 16.7 Å². The standard InChI is InChI=1S/C22H22N4O/c1-25-10-8-16(9-11-25)20-14-26(24)21-7-6-18(12-19(20)21)22(27)17-4-2-15(13-23)3-5-17/h2-7,12,14,16H,8-11,24H2,1H3. The van der Waals surface area contributed by atoms with Crippen LogP contribution in [0.4, 0.5) is 0 Å². The average Bonchev–Trinajstić information content (AvgIpc) is 3.04. The highest BCUT2D eigenvalue weighted by Gasteiger charge is 2.23. The number of aromatic nitrogens is 1. The summed E-state index contributed by atoms with van der Waals surface area (Å²) in [6.45, 7) is 2.15. The Balaban J connectivity index is 1.71. The van der Waals surface area contributed by atoms with Gasteiger partial charge in [0, 0.05) is 22.7 Å². The smallest absolute Gasteiger partial charge is 0.193 e. The number of hydrogen-bond acceptors (Lipinski definition) is 4. The van der Waals surface area contributed by atoms with Crippen molar-refractivity contribution in [1.29, 1.82) is 5.26 Å². The average molecular weight is 358 g/mol. The molecule has 0 amide bonds. The van der Waals surface area contributed by atoms with Crippen LogP contribution in [0.15, 0.2) is 48.7 Å². The number of carbonyl (C=O) groups excluding carboxylic acids is 1. The van der Waals surface area contributed by atoms with Gasteiger partial charge in [0.1, 0.15) is 0 Å². The Hall–Kier alpha value is -3.10. The number of rotatable bonds is 3. The van der Waals surface area contributed by atoms with Gasteiger partial charge in [-0.05, 0) is 86.9 Å². The number of nitrogens with two attached hydrogens (primary N) is 1. The molecule has 1 fully saturated rings. The fourth-order valence-corrected chi connectivity index (χ4v) is 3.93. The molecule has 136 valence electrons. The van der Waals surface area contributed by atoms with Crippen molar-refractivity contribution in [1.82, 2.24) is 9.58 Å². The molecular weight excluding hydrogens is 336 g/mol. The van der Waals surface area contributed by atoms with E-state index in [1.165, 1.54) is 5.56 Å². The van der Waals surface area contributed by atoms with Crippen LogP contribution in [0.2, 0.25) is 0 Å². The number of nitrogens with zero attached hydrogens (tertiary/aromatic N) is 3. The Kier molecular flexibility index (Phi) is 4.43. The maximum absolute atomic E-state index is 12.9. The van der Waals surface area contributed by atoms with E-state index >= 15 is 0 Å². The normalized spacial score (nSPS) is 15.7. The SMILES string of the molecule is CN1CCC(c2cn(N)c3ccc(C(=O)c4ccc(C#N)cc4)cc23)CC1. The van der Waals surface area contributed by atoms with Gasteiger partial charge in [0.15, 0.2) is 5.78 Å². The molecule has 2 N–H and O–H groups in total. The summed E-state index contributed by atoms with van der Waals surface area (Å²) in [5.74, 6) is 6.60. The molecule has 1 aliphatic heterocycles. The van der Waals surface area contributed by atoms with Crippen LogP contribution in [0.5, 0.6) is 0 Å². The van der Waals surface area contributed by atoms with Crippen LogP contribution in [0.25, 0.3) is 10.9 Å². The second-order valence-electron chi connectivity index (χ2n) is 7.32. The molecule has 5 nitrogen and oxygen atoms in total. The Bertz CT molecular complexity index is 1030. The monoisotopic (exact) mass is 358 g/mol. The second-order valence-corrected chi connectivity index (χ2v) is 7.32.